The second kappa shape index (κ2) is 5.77. The first-order valence-corrected chi connectivity index (χ1v) is 5.53. The van der Waals surface area contributed by atoms with Crippen LogP contribution in [0.25, 0.3) is 0 Å². The van der Waals surface area contributed by atoms with Crippen LogP contribution >= 0.6 is 0 Å². The van der Waals surface area contributed by atoms with Crippen molar-refractivity contribution < 1.29 is 9.90 Å². The lowest BCUT2D eigenvalue weighted by atomic mass is 10.1. The lowest BCUT2D eigenvalue weighted by molar-refractivity contribution is -0.121. The minimum Gasteiger partial charge on any atom is -0.396 e. The average molecular weight is 209 g/mol. The van der Waals surface area contributed by atoms with Crippen LogP contribution in [0.5, 0.6) is 0 Å². The summed E-state index contributed by atoms with van der Waals surface area (Å²) in [6.45, 7) is 0.807. The number of unbranched alkanes of at least 4 members (excludes halogenated alkanes) is 2. The number of aliphatic hydroxyl groups excluding tert-OH is 1. The van der Waals surface area contributed by atoms with Gasteiger partial charge >= 0.3 is 0 Å². The van der Waals surface area contributed by atoms with Gasteiger partial charge in [-0.1, -0.05) is 0 Å². The molecule has 15 heavy (non-hydrogen) atoms. The highest BCUT2D eigenvalue weighted by atomic mass is 16.3. The largest absolute Gasteiger partial charge is 0.396 e. The van der Waals surface area contributed by atoms with Crippen LogP contribution in [0.1, 0.15) is 38.5 Å². The maximum Gasteiger partial charge on any atom is 0.220 e. The second-order valence-electron chi connectivity index (χ2n) is 4.35. The van der Waals surface area contributed by atoms with E-state index >= 15 is 0 Å². The van der Waals surface area contributed by atoms with Crippen molar-refractivity contribution in [2.45, 2.75) is 38.5 Å². The van der Waals surface area contributed by atoms with E-state index in [0.29, 0.717) is 13.0 Å². The molecule has 0 spiro atoms. The Morgan fingerprint density at radius 1 is 1.47 bits per heavy atom. The maximum atomic E-state index is 11.4. The zero-order valence-corrected chi connectivity index (χ0v) is 9.09. The summed E-state index contributed by atoms with van der Waals surface area (Å²) in [5, 5.41) is 11.9. The van der Waals surface area contributed by atoms with E-state index in [1.165, 1.54) is 0 Å². The normalized spacial score (nSPS) is 16.8. The molecule has 3 heteroatoms. The van der Waals surface area contributed by atoms with Gasteiger partial charge in [-0.3, -0.25) is 4.79 Å². The van der Waals surface area contributed by atoms with Crippen molar-refractivity contribution in [2.75, 3.05) is 13.2 Å². The standard InChI is InChI=1S/C12H19NO2/c1-2-3-4-5-6-11(15)13-9-12(10-14)7-8-12/h1,14H,3-10H2,(H,13,15). The fraction of sp³-hybridized carbons (Fsp3) is 0.750. The zero-order valence-electron chi connectivity index (χ0n) is 9.09. The van der Waals surface area contributed by atoms with Gasteiger partial charge in [-0.05, 0) is 25.7 Å². The summed E-state index contributed by atoms with van der Waals surface area (Å²) < 4.78 is 0. The molecule has 0 aromatic rings. The molecule has 1 rings (SSSR count). The number of carbonyl (C=O) groups is 1. The van der Waals surface area contributed by atoms with Gasteiger partial charge in [-0.2, -0.15) is 0 Å². The van der Waals surface area contributed by atoms with Crippen LogP contribution < -0.4 is 5.32 Å². The van der Waals surface area contributed by atoms with E-state index in [1.54, 1.807) is 0 Å². The number of terminal acetylenes is 1. The number of carbonyl (C=O) groups excluding carboxylic acids is 1. The predicted molar refractivity (Wildman–Crippen MR) is 59.1 cm³/mol. The molecule has 0 saturated heterocycles. The van der Waals surface area contributed by atoms with Crippen LogP contribution in [0.15, 0.2) is 0 Å². The number of hydrogen-bond donors (Lipinski definition) is 2. The zero-order chi connectivity index (χ0) is 11.1. The van der Waals surface area contributed by atoms with Crippen LogP contribution in [0, 0.1) is 17.8 Å². The molecule has 1 aliphatic rings. The van der Waals surface area contributed by atoms with Crippen LogP contribution in [0.4, 0.5) is 0 Å². The molecule has 0 bridgehead atoms. The highest BCUT2D eigenvalue weighted by Gasteiger charge is 2.41. The van der Waals surface area contributed by atoms with Crippen molar-refractivity contribution in [3.63, 3.8) is 0 Å². The van der Waals surface area contributed by atoms with E-state index in [0.717, 1.165) is 32.1 Å². The van der Waals surface area contributed by atoms with Gasteiger partial charge < -0.3 is 10.4 Å². The second-order valence-corrected chi connectivity index (χ2v) is 4.35. The summed E-state index contributed by atoms with van der Waals surface area (Å²) >= 11 is 0. The number of nitrogens with one attached hydrogen (secondary N) is 1. The number of amides is 1. The molecule has 0 unspecified atom stereocenters. The molecule has 0 aliphatic heterocycles. The van der Waals surface area contributed by atoms with Crippen LogP contribution in [0.3, 0.4) is 0 Å². The third kappa shape index (κ3) is 4.35. The fourth-order valence-electron chi connectivity index (χ4n) is 1.45. The Labute approximate surface area is 91.3 Å². The van der Waals surface area contributed by atoms with E-state index in [-0.39, 0.29) is 17.9 Å². The topological polar surface area (TPSA) is 49.3 Å². The summed E-state index contributed by atoms with van der Waals surface area (Å²) in [6.07, 6.45) is 10.2. The van der Waals surface area contributed by atoms with Crippen LogP contribution in [-0.2, 0) is 4.79 Å². The summed E-state index contributed by atoms with van der Waals surface area (Å²) in [4.78, 5) is 11.4. The number of rotatable bonds is 7. The molecule has 1 aliphatic carbocycles. The quantitative estimate of drug-likeness (QED) is 0.487. The molecular weight excluding hydrogens is 190 g/mol. The summed E-state index contributed by atoms with van der Waals surface area (Å²) in [5.74, 6) is 2.63. The van der Waals surface area contributed by atoms with Gasteiger partial charge in [0.25, 0.3) is 0 Å². The minimum absolute atomic E-state index is 0.00841. The Bertz CT molecular complexity index is 251. The minimum atomic E-state index is 0.00841. The van der Waals surface area contributed by atoms with Crippen molar-refractivity contribution in [1.82, 2.24) is 5.32 Å². The van der Waals surface area contributed by atoms with E-state index in [9.17, 15) is 4.79 Å². The molecule has 0 atom stereocenters. The Hall–Kier alpha value is -1.01. The lowest BCUT2D eigenvalue weighted by Crippen LogP contribution is -2.31. The fourth-order valence-corrected chi connectivity index (χ4v) is 1.45. The van der Waals surface area contributed by atoms with Gasteiger partial charge in [-0.25, -0.2) is 0 Å². The molecule has 0 aromatic carbocycles. The van der Waals surface area contributed by atoms with E-state index in [2.05, 4.69) is 11.2 Å². The first-order valence-electron chi connectivity index (χ1n) is 5.53. The van der Waals surface area contributed by atoms with E-state index in [1.807, 2.05) is 0 Å². The van der Waals surface area contributed by atoms with Gasteiger partial charge in [0.2, 0.25) is 5.91 Å². The third-order valence-electron chi connectivity index (χ3n) is 2.93. The average Bonchev–Trinajstić information content (AvgIpc) is 3.02. The number of aliphatic hydroxyl groups is 1. The highest BCUT2D eigenvalue weighted by molar-refractivity contribution is 5.75. The highest BCUT2D eigenvalue weighted by Crippen LogP contribution is 2.44. The molecular formula is C12H19NO2. The molecule has 0 radical (unpaired) electrons. The lowest BCUT2D eigenvalue weighted by Gasteiger charge is -2.12. The predicted octanol–water partition coefficient (Wildman–Crippen LogP) is 1.07. The SMILES string of the molecule is C#CCCCCC(=O)NCC1(CO)CC1. The van der Waals surface area contributed by atoms with Crippen molar-refractivity contribution in [3.05, 3.63) is 0 Å². The molecule has 0 heterocycles. The van der Waals surface area contributed by atoms with E-state index < -0.39 is 0 Å². The smallest absolute Gasteiger partial charge is 0.220 e. The van der Waals surface area contributed by atoms with Crippen molar-refractivity contribution >= 4 is 5.91 Å². The van der Waals surface area contributed by atoms with Crippen molar-refractivity contribution in [1.29, 1.82) is 0 Å². The summed E-state index contributed by atoms with van der Waals surface area (Å²) in [6, 6.07) is 0. The van der Waals surface area contributed by atoms with Gasteiger partial charge in [0.05, 0.1) is 6.61 Å². The summed E-state index contributed by atoms with van der Waals surface area (Å²) in [5.41, 5.74) is 0.00841. The van der Waals surface area contributed by atoms with Crippen LogP contribution in [-0.4, -0.2) is 24.2 Å². The van der Waals surface area contributed by atoms with Gasteiger partial charge in [0.15, 0.2) is 0 Å². The molecule has 2 N–H and O–H groups in total. The third-order valence-corrected chi connectivity index (χ3v) is 2.93. The first-order chi connectivity index (χ1) is 7.22. The summed E-state index contributed by atoms with van der Waals surface area (Å²) in [7, 11) is 0. The van der Waals surface area contributed by atoms with Crippen molar-refractivity contribution in [3.8, 4) is 12.3 Å². The van der Waals surface area contributed by atoms with Gasteiger partial charge in [0.1, 0.15) is 0 Å². The Balaban J connectivity index is 2.02. The molecule has 1 fully saturated rings. The molecule has 0 aromatic heterocycles. The molecule has 84 valence electrons. The Morgan fingerprint density at radius 3 is 2.73 bits per heavy atom. The number of hydrogen-bond acceptors (Lipinski definition) is 2. The Morgan fingerprint density at radius 2 is 2.20 bits per heavy atom. The molecule has 1 saturated carbocycles. The van der Waals surface area contributed by atoms with Gasteiger partial charge in [0, 0.05) is 24.8 Å². The van der Waals surface area contributed by atoms with Crippen molar-refractivity contribution in [2.24, 2.45) is 5.41 Å². The van der Waals surface area contributed by atoms with Gasteiger partial charge in [-0.15, -0.1) is 12.3 Å². The van der Waals surface area contributed by atoms with E-state index in [4.69, 9.17) is 11.5 Å². The molecule has 1 amide bonds. The monoisotopic (exact) mass is 209 g/mol. The molecule has 3 nitrogen and oxygen atoms in total. The maximum absolute atomic E-state index is 11.4. The van der Waals surface area contributed by atoms with Crippen LogP contribution in [0.2, 0.25) is 0 Å². The first kappa shape index (κ1) is 12.1. The Kier molecular flexibility index (Phi) is 4.64.